The number of hydrogen-bond donors (Lipinski definition) is 1. The highest BCUT2D eigenvalue weighted by molar-refractivity contribution is 5.41. The Hall–Kier alpha value is -1.02. The highest BCUT2D eigenvalue weighted by atomic mass is 16.3. The summed E-state index contributed by atoms with van der Waals surface area (Å²) in [6.07, 6.45) is 0. The predicted molar refractivity (Wildman–Crippen MR) is 57.5 cm³/mol. The van der Waals surface area contributed by atoms with Gasteiger partial charge >= 0.3 is 0 Å². The van der Waals surface area contributed by atoms with Gasteiger partial charge in [0.25, 0.3) is 0 Å². The van der Waals surface area contributed by atoms with Gasteiger partial charge in [-0.1, -0.05) is 19.9 Å². The van der Waals surface area contributed by atoms with Gasteiger partial charge < -0.3 is 10.0 Å². The summed E-state index contributed by atoms with van der Waals surface area (Å²) in [6, 6.07) is 5.71. The maximum absolute atomic E-state index is 9.47. The summed E-state index contributed by atoms with van der Waals surface area (Å²) in [7, 11) is 2.14. The average molecular weight is 191 g/mol. The summed E-state index contributed by atoms with van der Waals surface area (Å²) >= 11 is 0. The molecule has 0 aliphatic carbocycles. The normalized spacial score (nSPS) is 20.5. The number of benzene rings is 1. The van der Waals surface area contributed by atoms with E-state index in [-0.39, 0.29) is 5.41 Å². The molecular weight excluding hydrogens is 174 g/mol. The Labute approximate surface area is 85.2 Å². The number of phenolic OH excluding ortho intramolecular Hbond substituents is 1. The SMILES string of the molecule is CN1Cc2ccc(O)cc2C(C)(C)C1. The molecule has 0 saturated carbocycles. The molecule has 0 saturated heterocycles. The molecule has 0 unspecified atom stereocenters. The fraction of sp³-hybridized carbons (Fsp3) is 0.500. The first-order valence-electron chi connectivity index (χ1n) is 5.00. The Bertz CT molecular complexity index is 357. The van der Waals surface area contributed by atoms with E-state index < -0.39 is 0 Å². The Morgan fingerprint density at radius 2 is 2.07 bits per heavy atom. The first-order valence-corrected chi connectivity index (χ1v) is 5.00. The minimum absolute atomic E-state index is 0.140. The molecule has 0 amide bonds. The number of aromatic hydroxyl groups is 1. The van der Waals surface area contributed by atoms with Gasteiger partial charge in [-0.3, -0.25) is 0 Å². The Kier molecular flexibility index (Phi) is 2.04. The molecule has 0 bridgehead atoms. The van der Waals surface area contributed by atoms with Crippen molar-refractivity contribution in [3.8, 4) is 5.75 Å². The Morgan fingerprint density at radius 3 is 2.79 bits per heavy atom. The van der Waals surface area contributed by atoms with E-state index in [1.54, 1.807) is 6.07 Å². The van der Waals surface area contributed by atoms with Gasteiger partial charge in [-0.25, -0.2) is 0 Å². The maximum Gasteiger partial charge on any atom is 0.115 e. The quantitative estimate of drug-likeness (QED) is 0.679. The van der Waals surface area contributed by atoms with Gasteiger partial charge in [0.15, 0.2) is 0 Å². The zero-order chi connectivity index (χ0) is 10.3. The van der Waals surface area contributed by atoms with Gasteiger partial charge in [0.1, 0.15) is 5.75 Å². The lowest BCUT2D eigenvalue weighted by Gasteiger charge is -2.38. The van der Waals surface area contributed by atoms with Crippen molar-refractivity contribution in [1.29, 1.82) is 0 Å². The molecule has 14 heavy (non-hydrogen) atoms. The molecule has 0 aromatic heterocycles. The van der Waals surface area contributed by atoms with E-state index in [1.165, 1.54) is 11.1 Å². The van der Waals surface area contributed by atoms with E-state index in [2.05, 4.69) is 25.8 Å². The summed E-state index contributed by atoms with van der Waals surface area (Å²) in [4.78, 5) is 2.32. The van der Waals surface area contributed by atoms with E-state index in [0.717, 1.165) is 13.1 Å². The third-order valence-corrected chi connectivity index (χ3v) is 2.93. The van der Waals surface area contributed by atoms with Gasteiger partial charge in [-0.15, -0.1) is 0 Å². The van der Waals surface area contributed by atoms with Crippen molar-refractivity contribution in [2.75, 3.05) is 13.6 Å². The Balaban J connectivity index is 2.53. The van der Waals surface area contributed by atoms with Crippen LogP contribution in [0.3, 0.4) is 0 Å². The van der Waals surface area contributed by atoms with Crippen LogP contribution in [0.2, 0.25) is 0 Å². The largest absolute Gasteiger partial charge is 0.508 e. The number of rotatable bonds is 0. The number of hydrogen-bond acceptors (Lipinski definition) is 2. The molecule has 1 heterocycles. The summed E-state index contributed by atoms with van der Waals surface area (Å²) in [5.74, 6) is 0.376. The van der Waals surface area contributed by atoms with Crippen LogP contribution in [0.4, 0.5) is 0 Å². The highest BCUT2D eigenvalue weighted by Crippen LogP contribution is 2.34. The van der Waals surface area contributed by atoms with Crippen molar-refractivity contribution in [2.24, 2.45) is 0 Å². The molecule has 1 aliphatic heterocycles. The molecule has 0 fully saturated rings. The van der Waals surface area contributed by atoms with Crippen LogP contribution in [0.5, 0.6) is 5.75 Å². The molecule has 1 N–H and O–H groups in total. The van der Waals surface area contributed by atoms with Crippen molar-refractivity contribution < 1.29 is 5.11 Å². The second-order valence-electron chi connectivity index (χ2n) is 4.90. The maximum atomic E-state index is 9.47. The van der Waals surface area contributed by atoms with Crippen LogP contribution in [0.1, 0.15) is 25.0 Å². The predicted octanol–water partition coefficient (Wildman–Crippen LogP) is 2.12. The number of fused-ring (bicyclic) bond motifs is 1. The molecule has 2 nitrogen and oxygen atoms in total. The third kappa shape index (κ3) is 1.50. The first kappa shape index (κ1) is 9.53. The van der Waals surface area contributed by atoms with Gasteiger partial charge in [0.05, 0.1) is 0 Å². The van der Waals surface area contributed by atoms with Crippen LogP contribution in [-0.2, 0) is 12.0 Å². The smallest absolute Gasteiger partial charge is 0.115 e. The summed E-state index contributed by atoms with van der Waals surface area (Å²) in [5.41, 5.74) is 2.76. The van der Waals surface area contributed by atoms with Gasteiger partial charge in [0.2, 0.25) is 0 Å². The zero-order valence-electron chi connectivity index (χ0n) is 9.04. The van der Waals surface area contributed by atoms with Crippen molar-refractivity contribution in [3.63, 3.8) is 0 Å². The minimum atomic E-state index is 0.140. The van der Waals surface area contributed by atoms with E-state index in [9.17, 15) is 5.11 Å². The molecule has 76 valence electrons. The fourth-order valence-corrected chi connectivity index (χ4v) is 2.44. The van der Waals surface area contributed by atoms with E-state index in [1.807, 2.05) is 12.1 Å². The van der Waals surface area contributed by atoms with Crippen LogP contribution < -0.4 is 0 Å². The lowest BCUT2D eigenvalue weighted by atomic mass is 9.78. The van der Waals surface area contributed by atoms with Crippen LogP contribution in [0.15, 0.2) is 18.2 Å². The van der Waals surface area contributed by atoms with Crippen molar-refractivity contribution in [1.82, 2.24) is 4.90 Å². The molecular formula is C12H17NO. The molecule has 2 heteroatoms. The van der Waals surface area contributed by atoms with E-state index in [0.29, 0.717) is 5.75 Å². The molecule has 0 spiro atoms. The van der Waals surface area contributed by atoms with Crippen LogP contribution in [0, 0.1) is 0 Å². The van der Waals surface area contributed by atoms with Gasteiger partial charge in [-0.2, -0.15) is 0 Å². The van der Waals surface area contributed by atoms with Crippen LogP contribution >= 0.6 is 0 Å². The van der Waals surface area contributed by atoms with E-state index >= 15 is 0 Å². The average Bonchev–Trinajstić information content (AvgIpc) is 2.05. The lowest BCUT2D eigenvalue weighted by molar-refractivity contribution is 0.235. The van der Waals surface area contributed by atoms with Crippen LogP contribution in [-0.4, -0.2) is 23.6 Å². The molecule has 1 aliphatic rings. The summed E-state index contributed by atoms with van der Waals surface area (Å²) < 4.78 is 0. The standard InChI is InChI=1S/C12H17NO/c1-12(2)8-13(3)7-9-4-5-10(14)6-11(9)12/h4-6,14H,7-8H2,1-3H3. The first-order chi connectivity index (χ1) is 6.49. The zero-order valence-corrected chi connectivity index (χ0v) is 9.04. The van der Waals surface area contributed by atoms with Crippen molar-refractivity contribution in [2.45, 2.75) is 25.8 Å². The Morgan fingerprint density at radius 1 is 1.36 bits per heavy atom. The summed E-state index contributed by atoms with van der Waals surface area (Å²) in [5, 5.41) is 9.47. The second-order valence-corrected chi connectivity index (χ2v) is 4.90. The monoisotopic (exact) mass is 191 g/mol. The fourth-order valence-electron chi connectivity index (χ4n) is 2.44. The van der Waals surface area contributed by atoms with Crippen molar-refractivity contribution >= 4 is 0 Å². The number of phenols is 1. The lowest BCUT2D eigenvalue weighted by Crippen LogP contribution is -2.39. The van der Waals surface area contributed by atoms with Crippen molar-refractivity contribution in [3.05, 3.63) is 29.3 Å². The molecule has 0 atom stereocenters. The molecule has 2 rings (SSSR count). The third-order valence-electron chi connectivity index (χ3n) is 2.93. The molecule has 1 aromatic carbocycles. The second kappa shape index (κ2) is 2.99. The topological polar surface area (TPSA) is 23.5 Å². The van der Waals surface area contributed by atoms with Crippen LogP contribution in [0.25, 0.3) is 0 Å². The minimum Gasteiger partial charge on any atom is -0.508 e. The van der Waals surface area contributed by atoms with Gasteiger partial charge in [0, 0.05) is 18.5 Å². The molecule has 0 radical (unpaired) electrons. The van der Waals surface area contributed by atoms with Gasteiger partial charge in [-0.05, 0) is 30.3 Å². The summed E-state index contributed by atoms with van der Waals surface area (Å²) in [6.45, 7) is 6.48. The highest BCUT2D eigenvalue weighted by Gasteiger charge is 2.30. The number of nitrogens with zero attached hydrogens (tertiary/aromatic N) is 1. The number of likely N-dealkylation sites (N-methyl/N-ethyl adjacent to an activating group) is 1. The van der Waals surface area contributed by atoms with E-state index in [4.69, 9.17) is 0 Å². The molecule has 1 aromatic rings.